The Labute approximate surface area is 82.3 Å². The van der Waals surface area contributed by atoms with Crippen molar-refractivity contribution in [3.05, 3.63) is 23.8 Å². The molecule has 0 amide bonds. The van der Waals surface area contributed by atoms with Crippen molar-refractivity contribution in [3.63, 3.8) is 0 Å². The molecule has 2 N–H and O–H groups in total. The summed E-state index contributed by atoms with van der Waals surface area (Å²) in [6.07, 6.45) is 0. The van der Waals surface area contributed by atoms with Crippen LogP contribution in [0.25, 0.3) is 0 Å². The summed E-state index contributed by atoms with van der Waals surface area (Å²) >= 11 is 0. The van der Waals surface area contributed by atoms with E-state index >= 15 is 0 Å². The summed E-state index contributed by atoms with van der Waals surface area (Å²) in [5.41, 5.74) is 0.726. The van der Waals surface area contributed by atoms with E-state index in [1.54, 1.807) is 0 Å². The summed E-state index contributed by atoms with van der Waals surface area (Å²) in [5.74, 6) is 0.204. The number of carbonyl (C=O) groups excluding carboxylic acids is 1. The average molecular weight is 194 g/mol. The molecular weight excluding hydrogens is 183 g/mol. The van der Waals surface area contributed by atoms with Gasteiger partial charge in [-0.3, -0.25) is 4.79 Å². The molecule has 0 aliphatic rings. The maximum Gasteiger partial charge on any atom is 0.492 e. The van der Waals surface area contributed by atoms with Gasteiger partial charge in [0.25, 0.3) is 0 Å². The zero-order chi connectivity index (χ0) is 10.7. The second kappa shape index (κ2) is 4.26. The zero-order valence-electron chi connectivity index (χ0n) is 8.02. The van der Waals surface area contributed by atoms with Crippen LogP contribution in [0.15, 0.2) is 18.2 Å². The quantitative estimate of drug-likeness (QED) is 0.506. The first-order valence-corrected chi connectivity index (χ1v) is 4.11. The molecule has 1 aromatic rings. The SMILES string of the molecule is COc1cc(C(C)=O)ccc1B(O)O. The van der Waals surface area contributed by atoms with Crippen molar-refractivity contribution in [1.82, 2.24) is 0 Å². The lowest BCUT2D eigenvalue weighted by Crippen LogP contribution is -2.31. The van der Waals surface area contributed by atoms with Gasteiger partial charge in [-0.15, -0.1) is 0 Å². The van der Waals surface area contributed by atoms with Gasteiger partial charge >= 0.3 is 7.12 Å². The van der Waals surface area contributed by atoms with Crippen molar-refractivity contribution in [3.8, 4) is 5.75 Å². The van der Waals surface area contributed by atoms with Gasteiger partial charge in [0.1, 0.15) is 5.75 Å². The fourth-order valence-corrected chi connectivity index (χ4v) is 1.14. The largest absolute Gasteiger partial charge is 0.497 e. The Morgan fingerprint density at radius 1 is 1.43 bits per heavy atom. The Balaban J connectivity index is 3.18. The van der Waals surface area contributed by atoms with Gasteiger partial charge in [-0.05, 0) is 13.0 Å². The van der Waals surface area contributed by atoms with Gasteiger partial charge in [-0.2, -0.15) is 0 Å². The number of carbonyl (C=O) groups is 1. The van der Waals surface area contributed by atoms with E-state index in [2.05, 4.69) is 0 Å². The van der Waals surface area contributed by atoms with Gasteiger partial charge in [0.15, 0.2) is 5.78 Å². The van der Waals surface area contributed by atoms with Gasteiger partial charge in [0.2, 0.25) is 0 Å². The van der Waals surface area contributed by atoms with Crippen molar-refractivity contribution in [1.29, 1.82) is 0 Å². The van der Waals surface area contributed by atoms with E-state index in [1.165, 1.54) is 32.2 Å². The molecule has 4 nitrogen and oxygen atoms in total. The summed E-state index contributed by atoms with van der Waals surface area (Å²) < 4.78 is 4.93. The maximum absolute atomic E-state index is 11.0. The molecular formula is C9H11BO4. The molecule has 0 atom stereocenters. The normalized spacial score (nSPS) is 9.71. The molecule has 14 heavy (non-hydrogen) atoms. The van der Waals surface area contributed by atoms with Crippen LogP contribution in [0, 0.1) is 0 Å². The van der Waals surface area contributed by atoms with Crippen molar-refractivity contribution >= 4 is 18.4 Å². The molecule has 0 heterocycles. The zero-order valence-corrected chi connectivity index (χ0v) is 8.02. The van der Waals surface area contributed by atoms with Gasteiger partial charge in [-0.1, -0.05) is 12.1 Å². The first-order valence-electron chi connectivity index (χ1n) is 4.11. The van der Waals surface area contributed by atoms with Gasteiger partial charge in [0, 0.05) is 11.0 Å². The summed E-state index contributed by atoms with van der Waals surface area (Å²) in [5, 5.41) is 17.9. The van der Waals surface area contributed by atoms with Crippen LogP contribution in [0.5, 0.6) is 5.75 Å². The lowest BCUT2D eigenvalue weighted by atomic mass is 9.79. The maximum atomic E-state index is 11.0. The second-order valence-corrected chi connectivity index (χ2v) is 2.89. The van der Waals surface area contributed by atoms with Gasteiger partial charge < -0.3 is 14.8 Å². The fourth-order valence-electron chi connectivity index (χ4n) is 1.14. The molecule has 0 bridgehead atoms. The smallest absolute Gasteiger partial charge is 0.492 e. The average Bonchev–Trinajstić information content (AvgIpc) is 2.16. The number of Topliss-reactive ketones (excluding diaryl/α,β-unsaturated/α-hetero) is 1. The Kier molecular flexibility index (Phi) is 3.27. The van der Waals surface area contributed by atoms with E-state index in [-0.39, 0.29) is 11.2 Å². The number of ketones is 1. The number of rotatable bonds is 3. The summed E-state index contributed by atoms with van der Waals surface area (Å²) in [6, 6.07) is 4.47. The van der Waals surface area contributed by atoms with Crippen LogP contribution < -0.4 is 10.2 Å². The van der Waals surface area contributed by atoms with E-state index < -0.39 is 7.12 Å². The molecule has 0 spiro atoms. The standard InChI is InChI=1S/C9H11BO4/c1-6(11)7-3-4-8(10(12)13)9(5-7)14-2/h3-5,12-13H,1-2H3. The number of hydrogen-bond donors (Lipinski definition) is 2. The molecule has 1 aromatic carbocycles. The summed E-state index contributed by atoms with van der Waals surface area (Å²) in [4.78, 5) is 11.0. The van der Waals surface area contributed by atoms with E-state index in [4.69, 9.17) is 14.8 Å². The van der Waals surface area contributed by atoms with E-state index in [0.717, 1.165) is 0 Å². The highest BCUT2D eigenvalue weighted by Crippen LogP contribution is 2.11. The third-order valence-corrected chi connectivity index (χ3v) is 1.92. The molecule has 0 aliphatic carbocycles. The van der Waals surface area contributed by atoms with Crippen LogP contribution in [-0.2, 0) is 0 Å². The molecule has 0 aliphatic heterocycles. The lowest BCUT2D eigenvalue weighted by molar-refractivity contribution is 0.101. The first-order chi connectivity index (χ1) is 6.56. The minimum atomic E-state index is -1.59. The minimum absolute atomic E-state index is 0.0951. The molecule has 0 unspecified atom stereocenters. The lowest BCUT2D eigenvalue weighted by Gasteiger charge is -2.08. The van der Waals surface area contributed by atoms with Crippen LogP contribution in [0.2, 0.25) is 0 Å². The first kappa shape index (κ1) is 10.8. The number of ether oxygens (including phenoxy) is 1. The predicted molar refractivity (Wildman–Crippen MR) is 52.8 cm³/mol. The molecule has 0 aromatic heterocycles. The highest BCUT2D eigenvalue weighted by molar-refractivity contribution is 6.59. The van der Waals surface area contributed by atoms with Crippen LogP contribution in [0.1, 0.15) is 17.3 Å². The third kappa shape index (κ3) is 2.13. The van der Waals surface area contributed by atoms with Crippen molar-refractivity contribution in [2.24, 2.45) is 0 Å². The van der Waals surface area contributed by atoms with Crippen LogP contribution in [-0.4, -0.2) is 30.1 Å². The molecule has 1 rings (SSSR count). The number of benzene rings is 1. The van der Waals surface area contributed by atoms with Crippen molar-refractivity contribution < 1.29 is 19.6 Å². The Bertz CT molecular complexity index is 349. The van der Waals surface area contributed by atoms with Crippen LogP contribution >= 0.6 is 0 Å². The number of methoxy groups -OCH3 is 1. The highest BCUT2D eigenvalue weighted by Gasteiger charge is 2.17. The van der Waals surface area contributed by atoms with Crippen molar-refractivity contribution in [2.45, 2.75) is 6.92 Å². The minimum Gasteiger partial charge on any atom is -0.497 e. The van der Waals surface area contributed by atoms with Crippen molar-refractivity contribution in [2.75, 3.05) is 7.11 Å². The molecule has 0 saturated heterocycles. The van der Waals surface area contributed by atoms with E-state index in [0.29, 0.717) is 11.3 Å². The van der Waals surface area contributed by atoms with Gasteiger partial charge in [0.05, 0.1) is 7.11 Å². The second-order valence-electron chi connectivity index (χ2n) is 2.89. The molecule has 0 radical (unpaired) electrons. The van der Waals surface area contributed by atoms with Gasteiger partial charge in [-0.25, -0.2) is 0 Å². The Hall–Kier alpha value is -1.33. The molecule has 5 heteroatoms. The molecule has 74 valence electrons. The topological polar surface area (TPSA) is 66.8 Å². The van der Waals surface area contributed by atoms with Crippen LogP contribution in [0.4, 0.5) is 0 Å². The van der Waals surface area contributed by atoms with E-state index in [1.807, 2.05) is 0 Å². The third-order valence-electron chi connectivity index (χ3n) is 1.92. The highest BCUT2D eigenvalue weighted by atomic mass is 16.5. The summed E-state index contributed by atoms with van der Waals surface area (Å²) in [6.45, 7) is 1.43. The van der Waals surface area contributed by atoms with Crippen LogP contribution in [0.3, 0.4) is 0 Å². The Morgan fingerprint density at radius 3 is 2.50 bits per heavy atom. The monoisotopic (exact) mass is 194 g/mol. The van der Waals surface area contributed by atoms with E-state index in [9.17, 15) is 4.79 Å². The fraction of sp³-hybridized carbons (Fsp3) is 0.222. The molecule has 0 saturated carbocycles. The predicted octanol–water partition coefficient (Wildman–Crippen LogP) is -0.422. The number of hydrogen-bond acceptors (Lipinski definition) is 4. The molecule has 0 fully saturated rings. The summed E-state index contributed by atoms with van der Waals surface area (Å²) in [7, 11) is -0.184. The Morgan fingerprint density at radius 2 is 2.07 bits per heavy atom.